The van der Waals surface area contributed by atoms with E-state index in [1.54, 1.807) is 55.1 Å². The van der Waals surface area contributed by atoms with Crippen LogP contribution in [0.5, 0.6) is 23.0 Å². The van der Waals surface area contributed by atoms with Gasteiger partial charge in [0.25, 0.3) is 11.8 Å². The van der Waals surface area contributed by atoms with Crippen LogP contribution in [0.2, 0.25) is 0 Å². The number of anilines is 3. The molecule has 4 heterocycles. The first kappa shape index (κ1) is 57.7. The third kappa shape index (κ3) is 12.6. The Morgan fingerprint density at radius 3 is 1.89 bits per heavy atom. The molecule has 4 N–H and O–H groups in total. The van der Waals surface area contributed by atoms with E-state index in [1.165, 1.54) is 50.3 Å². The number of benzene rings is 3. The summed E-state index contributed by atoms with van der Waals surface area (Å²) in [6.45, 7) is 13.8. The molecule has 0 unspecified atom stereocenters. The molecule has 0 aromatic heterocycles. The van der Waals surface area contributed by atoms with Crippen molar-refractivity contribution in [3.63, 3.8) is 0 Å². The number of aliphatic hydroxyl groups excluding tert-OH is 1. The molecule has 4 fully saturated rings. The average molecular weight is 1120 g/mol. The van der Waals surface area contributed by atoms with Gasteiger partial charge in [0, 0.05) is 37.5 Å². The number of ether oxygens (including phenoxy) is 7. The fourth-order valence-electron chi connectivity index (χ4n) is 11.3. The number of methoxy groups -OCH3 is 2. The van der Waals surface area contributed by atoms with Crippen LogP contribution in [0.4, 0.5) is 31.4 Å². The summed E-state index contributed by atoms with van der Waals surface area (Å²) < 4.78 is 40.3. The zero-order valence-electron chi connectivity index (χ0n) is 46.6. The summed E-state index contributed by atoms with van der Waals surface area (Å²) in [6, 6.07) is 10.1. The Morgan fingerprint density at radius 1 is 0.704 bits per heavy atom. The number of unbranched alkanes of at least 4 members (excludes halogenated alkanes) is 2. The summed E-state index contributed by atoms with van der Waals surface area (Å²) >= 11 is 0. The molecule has 81 heavy (non-hydrogen) atoms. The molecule has 0 bridgehead atoms. The number of hydrogen-bond acceptors (Lipinski definition) is 15. The first-order valence-electron chi connectivity index (χ1n) is 27.7. The van der Waals surface area contributed by atoms with Crippen LogP contribution in [0, 0.1) is 16.7 Å². The van der Waals surface area contributed by atoms with E-state index in [2.05, 4.69) is 29.1 Å². The highest BCUT2D eigenvalue weighted by Crippen LogP contribution is 2.58. The Bertz CT molecular complexity index is 2920. The van der Waals surface area contributed by atoms with Crippen LogP contribution in [0.3, 0.4) is 0 Å². The lowest BCUT2D eigenvalue weighted by atomic mass is 10.0. The summed E-state index contributed by atoms with van der Waals surface area (Å²) in [6.07, 6.45) is 6.28. The summed E-state index contributed by atoms with van der Waals surface area (Å²) in [5, 5.41) is 20.0. The largest absolute Gasteiger partial charge is 0.493 e. The zero-order chi connectivity index (χ0) is 57.8. The van der Waals surface area contributed by atoms with E-state index in [1.807, 2.05) is 4.90 Å². The number of rotatable bonds is 22. The van der Waals surface area contributed by atoms with Crippen LogP contribution in [-0.4, -0.2) is 147 Å². The van der Waals surface area contributed by atoms with Gasteiger partial charge in [0.15, 0.2) is 29.2 Å². The van der Waals surface area contributed by atoms with Crippen LogP contribution in [0.15, 0.2) is 73.8 Å². The number of alkyl carbamates (subject to hydrolysis) is 1. The maximum Gasteiger partial charge on any atom is 0.416 e. The lowest BCUT2D eigenvalue weighted by Crippen LogP contribution is -2.53. The van der Waals surface area contributed by atoms with Crippen LogP contribution in [-0.2, 0) is 30.4 Å². The molecule has 2 spiro atoms. The zero-order valence-corrected chi connectivity index (χ0v) is 46.6. The van der Waals surface area contributed by atoms with Crippen LogP contribution < -0.4 is 44.7 Å². The number of carbonyl (C=O) groups excluding carboxylic acids is 7. The van der Waals surface area contributed by atoms with E-state index in [-0.39, 0.29) is 90.4 Å². The minimum Gasteiger partial charge on any atom is -0.493 e. The Kier molecular flexibility index (Phi) is 17.4. The van der Waals surface area contributed by atoms with E-state index in [0.29, 0.717) is 79.3 Å². The monoisotopic (exact) mass is 1120 g/mol. The summed E-state index contributed by atoms with van der Waals surface area (Å²) in [5.74, 6) is -0.673. The third-order valence-corrected chi connectivity index (χ3v) is 16.1. The van der Waals surface area contributed by atoms with Crippen molar-refractivity contribution >= 4 is 59.0 Å². The van der Waals surface area contributed by atoms with Gasteiger partial charge in [0.05, 0.1) is 62.0 Å². The van der Waals surface area contributed by atoms with Crippen LogP contribution in [0.25, 0.3) is 0 Å². The van der Waals surface area contributed by atoms with Crippen molar-refractivity contribution in [2.24, 2.45) is 16.7 Å². The van der Waals surface area contributed by atoms with Gasteiger partial charge in [-0.15, -0.1) is 0 Å². The van der Waals surface area contributed by atoms with Crippen molar-refractivity contribution in [2.75, 3.05) is 75.4 Å². The summed E-state index contributed by atoms with van der Waals surface area (Å²) in [7, 11) is 2.96. The second-order valence-electron chi connectivity index (χ2n) is 22.3. The normalized spacial score (nSPS) is 20.3. The molecular formula is C59H73N7O15. The van der Waals surface area contributed by atoms with Gasteiger partial charge in [-0.25, -0.2) is 19.3 Å². The minimum atomic E-state index is -1.46. The van der Waals surface area contributed by atoms with Crippen molar-refractivity contribution in [1.82, 2.24) is 20.4 Å². The Balaban J connectivity index is 0.822. The molecule has 2 saturated heterocycles. The first-order chi connectivity index (χ1) is 38.9. The molecule has 3 aromatic carbocycles. The highest BCUT2D eigenvalue weighted by molar-refractivity contribution is 6.07. The van der Waals surface area contributed by atoms with Gasteiger partial charge in [-0.3, -0.25) is 24.1 Å². The highest BCUT2D eigenvalue weighted by atomic mass is 16.6. The standard InChI is InChI=1S/C59H73N7O15/c1-8-21-79-55(72)62-49(35(3)4)51(68)60-36(5)50(67)61-38-15-13-37(14-16-38)32-81-57(74)66-43-28-48(46(76-7)26-41(43)53(70)65-34-59(19-20-59)30-44(65)54(66)71)78-24-12-10-11-23-77-47-27-42-40(25-45(47)75-6)52(69)64-33-58(17-18-58)29-39(64)31-63(42)56(73)80-22-9-2/h8-9,13-16,25-28,35-36,39,44,49,54,71H,1-2,10-12,17-24,29-34H2,3-7H3,(H,60,68)(H,61,67)(H,62,72)/t36-,39-,44-,49-,54-/m0/s1. The third-order valence-electron chi connectivity index (χ3n) is 16.1. The molecule has 2 aliphatic carbocycles. The molecule has 7 amide bonds. The Hall–Kier alpha value is -8.01. The van der Waals surface area contributed by atoms with Crippen LogP contribution in [0.1, 0.15) is 105 Å². The number of hydrogen-bond donors (Lipinski definition) is 4. The van der Waals surface area contributed by atoms with Crippen molar-refractivity contribution in [3.05, 3.63) is 90.5 Å². The molecule has 22 nitrogen and oxygen atoms in total. The van der Waals surface area contributed by atoms with Crippen molar-refractivity contribution in [1.29, 1.82) is 0 Å². The van der Waals surface area contributed by atoms with E-state index in [0.717, 1.165) is 37.0 Å². The molecule has 9 rings (SSSR count). The fourth-order valence-corrected chi connectivity index (χ4v) is 11.3. The lowest BCUT2D eigenvalue weighted by molar-refractivity contribution is -0.128. The average Bonchev–Trinajstić information content (AvgIpc) is 4.45. The van der Waals surface area contributed by atoms with Gasteiger partial charge >= 0.3 is 18.3 Å². The maximum absolute atomic E-state index is 14.4. The van der Waals surface area contributed by atoms with E-state index in [4.69, 9.17) is 33.2 Å². The van der Waals surface area contributed by atoms with E-state index >= 15 is 0 Å². The van der Waals surface area contributed by atoms with E-state index < -0.39 is 54.4 Å². The van der Waals surface area contributed by atoms with Crippen molar-refractivity contribution in [3.8, 4) is 23.0 Å². The predicted octanol–water partition coefficient (Wildman–Crippen LogP) is 7.32. The quantitative estimate of drug-likeness (QED) is 0.0437. The summed E-state index contributed by atoms with van der Waals surface area (Å²) in [5.41, 5.74) is 1.93. The SMILES string of the molecule is C=CCOC(=O)N[C@H](C(=O)N[C@@H](C)C(=O)Nc1ccc(COC(=O)N2c3cc(OCCCCCOc4cc5c(cc4OC)C(=O)N4CC6(CC6)C[C@H]4CN5C(=O)OCC=C)c(OC)cc3C(=O)N3CC4(CC4)C[C@H]3[C@@H]2O)cc1)C(C)C. The topological polar surface area (TPSA) is 253 Å². The first-order valence-corrected chi connectivity index (χ1v) is 27.7. The smallest absolute Gasteiger partial charge is 0.416 e. The van der Waals surface area contributed by atoms with Crippen molar-refractivity contribution < 1.29 is 71.8 Å². The number of nitrogens with one attached hydrogen (secondary N) is 3. The number of aliphatic hydroxyl groups is 1. The number of amides is 7. The Morgan fingerprint density at radius 2 is 1.28 bits per heavy atom. The van der Waals surface area contributed by atoms with Crippen LogP contribution >= 0.6 is 0 Å². The van der Waals surface area contributed by atoms with Crippen molar-refractivity contribution in [2.45, 2.75) is 116 Å². The molecule has 5 atom stereocenters. The second kappa shape index (κ2) is 24.4. The molecule has 0 radical (unpaired) electrons. The number of nitrogens with zero attached hydrogens (tertiary/aromatic N) is 4. The molecule has 434 valence electrons. The van der Waals surface area contributed by atoms with Gasteiger partial charge in [-0.05, 0) is 111 Å². The van der Waals surface area contributed by atoms with Gasteiger partial charge in [-0.2, -0.15) is 0 Å². The molecule has 2 saturated carbocycles. The van der Waals surface area contributed by atoms with Gasteiger partial charge < -0.3 is 64.0 Å². The molecule has 4 aliphatic heterocycles. The maximum atomic E-state index is 14.4. The fraction of sp³-hybridized carbons (Fsp3) is 0.508. The van der Waals surface area contributed by atoms with Gasteiger partial charge in [-0.1, -0.05) is 51.3 Å². The Labute approximate surface area is 471 Å². The molecule has 6 aliphatic rings. The number of fused-ring (bicyclic) bond motifs is 4. The number of carbonyl (C=O) groups is 7. The molecule has 22 heteroatoms. The second-order valence-corrected chi connectivity index (χ2v) is 22.3. The highest BCUT2D eigenvalue weighted by Gasteiger charge is 2.58. The lowest BCUT2D eigenvalue weighted by Gasteiger charge is -2.31. The van der Waals surface area contributed by atoms with E-state index in [9.17, 15) is 38.7 Å². The molecule has 3 aromatic rings. The summed E-state index contributed by atoms with van der Waals surface area (Å²) in [4.78, 5) is 101. The van der Waals surface area contributed by atoms with Gasteiger partial charge in [0.1, 0.15) is 31.9 Å². The predicted molar refractivity (Wildman–Crippen MR) is 297 cm³/mol. The molecular weight excluding hydrogens is 1050 g/mol. The minimum absolute atomic E-state index is 0.0204. The van der Waals surface area contributed by atoms with Gasteiger partial charge in [0.2, 0.25) is 11.8 Å².